The maximum absolute atomic E-state index is 12.9. The van der Waals surface area contributed by atoms with Crippen molar-refractivity contribution in [3.63, 3.8) is 0 Å². The first-order valence-electron chi connectivity index (χ1n) is 7.74. The second-order valence-corrected chi connectivity index (χ2v) is 6.41. The summed E-state index contributed by atoms with van der Waals surface area (Å²) in [7, 11) is 0. The highest BCUT2D eigenvalue weighted by atomic mass is 16.6. The number of rotatable bonds is 4. The second kappa shape index (κ2) is 4.68. The number of hydrogen-bond acceptors (Lipinski definition) is 4. The van der Waals surface area contributed by atoms with E-state index in [2.05, 4.69) is 5.32 Å². The van der Waals surface area contributed by atoms with Crippen LogP contribution in [0.2, 0.25) is 0 Å². The van der Waals surface area contributed by atoms with E-state index < -0.39 is 23.0 Å². The molecule has 0 radical (unpaired) electrons. The highest BCUT2D eigenvalue weighted by Gasteiger charge is 2.79. The fourth-order valence-electron chi connectivity index (χ4n) is 3.94. The number of hydrogen-bond donors (Lipinski definition) is 1. The van der Waals surface area contributed by atoms with Crippen molar-refractivity contribution in [2.75, 3.05) is 0 Å². The molecule has 2 heterocycles. The third-order valence-electron chi connectivity index (χ3n) is 5.19. The Labute approximate surface area is 124 Å². The number of ether oxygens (including phenoxy) is 1. The first-order chi connectivity index (χ1) is 9.97. The lowest BCUT2D eigenvalue weighted by molar-refractivity contribution is -0.218. The normalized spacial score (nSPS) is 41.0. The Morgan fingerprint density at radius 2 is 2.24 bits per heavy atom. The molecule has 0 spiro atoms. The van der Waals surface area contributed by atoms with Crippen molar-refractivity contribution in [3.8, 4) is 0 Å². The zero-order valence-electron chi connectivity index (χ0n) is 12.5. The van der Waals surface area contributed by atoms with E-state index >= 15 is 0 Å². The first-order valence-corrected chi connectivity index (χ1v) is 7.74. The van der Waals surface area contributed by atoms with Crippen LogP contribution in [0.3, 0.4) is 0 Å². The number of nitrogens with one attached hydrogen (secondary N) is 1. The number of ketones is 1. The summed E-state index contributed by atoms with van der Waals surface area (Å²) in [5, 5.41) is 2.69. The Bertz CT molecular complexity index is 540. The minimum absolute atomic E-state index is 0.204. The molecule has 0 saturated carbocycles. The molecule has 0 bridgehead atoms. The molecular weight excluding hydrogens is 270 g/mol. The van der Waals surface area contributed by atoms with Crippen molar-refractivity contribution in [2.45, 2.75) is 57.1 Å². The molecule has 1 amide bonds. The zero-order chi connectivity index (χ0) is 15.3. The summed E-state index contributed by atoms with van der Waals surface area (Å²) in [6, 6.07) is 0. The van der Waals surface area contributed by atoms with Crippen molar-refractivity contribution in [3.05, 3.63) is 12.2 Å². The molecule has 114 valence electrons. The van der Waals surface area contributed by atoms with Crippen molar-refractivity contribution in [2.24, 2.45) is 11.8 Å². The van der Waals surface area contributed by atoms with Gasteiger partial charge in [-0.1, -0.05) is 25.5 Å². The molecule has 5 heteroatoms. The highest BCUT2D eigenvalue weighted by molar-refractivity contribution is 6.20. The van der Waals surface area contributed by atoms with Gasteiger partial charge in [-0.3, -0.25) is 9.59 Å². The summed E-state index contributed by atoms with van der Waals surface area (Å²) in [6.07, 6.45) is 7.89. The molecule has 0 unspecified atom stereocenters. The highest BCUT2D eigenvalue weighted by Crippen LogP contribution is 2.52. The SMILES string of the molecule is CCC[C@H]1C(=O)N[C@@]2(C(=O)[C@@H]3C=CCCC3)C(=O)O[C@@]12C. The summed E-state index contributed by atoms with van der Waals surface area (Å²) < 4.78 is 5.33. The van der Waals surface area contributed by atoms with Crippen LogP contribution in [0.1, 0.15) is 46.0 Å². The van der Waals surface area contributed by atoms with Gasteiger partial charge in [0.05, 0.1) is 5.92 Å². The minimum Gasteiger partial charge on any atom is -0.453 e. The van der Waals surface area contributed by atoms with Gasteiger partial charge in [-0.05, 0) is 32.6 Å². The van der Waals surface area contributed by atoms with E-state index in [1.807, 2.05) is 19.1 Å². The van der Waals surface area contributed by atoms with Gasteiger partial charge in [0.15, 0.2) is 11.4 Å². The quantitative estimate of drug-likeness (QED) is 0.484. The lowest BCUT2D eigenvalue weighted by Crippen LogP contribution is -2.78. The molecule has 2 fully saturated rings. The van der Waals surface area contributed by atoms with Gasteiger partial charge in [0.1, 0.15) is 0 Å². The molecule has 5 nitrogen and oxygen atoms in total. The van der Waals surface area contributed by atoms with Gasteiger partial charge in [0.2, 0.25) is 11.4 Å². The molecule has 3 aliphatic rings. The monoisotopic (exact) mass is 291 g/mol. The lowest BCUT2D eigenvalue weighted by Gasteiger charge is -2.51. The predicted molar refractivity (Wildman–Crippen MR) is 75.3 cm³/mol. The molecule has 2 saturated heterocycles. The molecule has 0 aromatic carbocycles. The van der Waals surface area contributed by atoms with Crippen LogP contribution in [-0.2, 0) is 19.1 Å². The summed E-state index contributed by atoms with van der Waals surface area (Å²) in [5.41, 5.74) is -2.49. The van der Waals surface area contributed by atoms with E-state index in [-0.39, 0.29) is 17.6 Å². The Balaban J connectivity index is 1.96. The number of carbonyl (C=O) groups is 3. The number of Topliss-reactive ketones (excluding diaryl/α,β-unsaturated/α-hetero) is 1. The fourth-order valence-corrected chi connectivity index (χ4v) is 3.94. The van der Waals surface area contributed by atoms with Crippen LogP contribution in [0.4, 0.5) is 0 Å². The van der Waals surface area contributed by atoms with Gasteiger partial charge in [-0.2, -0.15) is 0 Å². The Morgan fingerprint density at radius 3 is 2.81 bits per heavy atom. The second-order valence-electron chi connectivity index (χ2n) is 6.41. The van der Waals surface area contributed by atoms with Crippen molar-refractivity contribution >= 4 is 17.7 Å². The molecule has 1 aliphatic carbocycles. The van der Waals surface area contributed by atoms with Crippen LogP contribution in [0.5, 0.6) is 0 Å². The Hall–Kier alpha value is -1.65. The van der Waals surface area contributed by atoms with E-state index in [1.54, 1.807) is 6.92 Å². The number of fused-ring (bicyclic) bond motifs is 1. The van der Waals surface area contributed by atoms with Gasteiger partial charge in [0.25, 0.3) is 0 Å². The predicted octanol–water partition coefficient (Wildman–Crippen LogP) is 1.51. The van der Waals surface area contributed by atoms with Crippen molar-refractivity contribution in [1.82, 2.24) is 5.32 Å². The van der Waals surface area contributed by atoms with Crippen LogP contribution in [0, 0.1) is 11.8 Å². The summed E-state index contributed by atoms with van der Waals surface area (Å²) in [4.78, 5) is 37.3. The summed E-state index contributed by atoms with van der Waals surface area (Å²) >= 11 is 0. The van der Waals surface area contributed by atoms with Crippen molar-refractivity contribution in [1.29, 1.82) is 0 Å². The molecule has 0 aromatic rings. The van der Waals surface area contributed by atoms with E-state index in [1.165, 1.54) is 0 Å². The number of amides is 1. The Kier molecular flexibility index (Phi) is 3.19. The average molecular weight is 291 g/mol. The van der Waals surface area contributed by atoms with Gasteiger partial charge in [-0.25, -0.2) is 4.79 Å². The first kappa shape index (κ1) is 14.3. The summed E-state index contributed by atoms with van der Waals surface area (Å²) in [5.74, 6) is -1.77. The van der Waals surface area contributed by atoms with E-state index in [4.69, 9.17) is 4.74 Å². The lowest BCUT2D eigenvalue weighted by atomic mass is 9.65. The molecule has 4 atom stereocenters. The maximum Gasteiger partial charge on any atom is 0.344 e. The fraction of sp³-hybridized carbons (Fsp3) is 0.688. The number of carbonyl (C=O) groups excluding carboxylic acids is 3. The molecule has 0 aromatic heterocycles. The van der Waals surface area contributed by atoms with E-state index in [0.717, 1.165) is 25.7 Å². The van der Waals surface area contributed by atoms with E-state index in [0.29, 0.717) is 6.42 Å². The topological polar surface area (TPSA) is 72.5 Å². The Morgan fingerprint density at radius 1 is 1.48 bits per heavy atom. The zero-order valence-corrected chi connectivity index (χ0v) is 12.5. The van der Waals surface area contributed by atoms with Gasteiger partial charge >= 0.3 is 5.97 Å². The van der Waals surface area contributed by atoms with Gasteiger partial charge < -0.3 is 10.1 Å². The average Bonchev–Trinajstić information content (AvgIpc) is 2.65. The molecule has 2 aliphatic heterocycles. The van der Waals surface area contributed by atoms with Crippen LogP contribution in [-0.4, -0.2) is 28.8 Å². The number of allylic oxidation sites excluding steroid dienone is 2. The van der Waals surface area contributed by atoms with Crippen LogP contribution >= 0.6 is 0 Å². The van der Waals surface area contributed by atoms with Crippen LogP contribution in [0.15, 0.2) is 12.2 Å². The van der Waals surface area contributed by atoms with E-state index in [9.17, 15) is 14.4 Å². The van der Waals surface area contributed by atoms with Gasteiger partial charge in [0, 0.05) is 5.92 Å². The minimum atomic E-state index is -1.46. The molecule has 1 N–H and O–H groups in total. The third-order valence-corrected chi connectivity index (χ3v) is 5.19. The molecule has 3 rings (SSSR count). The number of esters is 1. The third kappa shape index (κ3) is 1.66. The summed E-state index contributed by atoms with van der Waals surface area (Å²) in [6.45, 7) is 3.69. The molecule has 21 heavy (non-hydrogen) atoms. The van der Waals surface area contributed by atoms with Crippen LogP contribution < -0.4 is 5.32 Å². The van der Waals surface area contributed by atoms with Crippen molar-refractivity contribution < 1.29 is 19.1 Å². The maximum atomic E-state index is 12.9. The molecular formula is C16H21NO4. The largest absolute Gasteiger partial charge is 0.453 e. The smallest absolute Gasteiger partial charge is 0.344 e. The van der Waals surface area contributed by atoms with Gasteiger partial charge in [-0.15, -0.1) is 0 Å². The standard InChI is InChI=1S/C16H21NO4/c1-3-7-11-13(19)17-16(14(20)21-15(11,16)2)12(18)10-8-5-4-6-9-10/h5,8,10-11H,3-4,6-7,9H2,1-2H3,(H,17,19)/t10-,11+,15+,16+/m1/s1. The van der Waals surface area contributed by atoms with Crippen LogP contribution in [0.25, 0.3) is 0 Å².